The summed E-state index contributed by atoms with van der Waals surface area (Å²) in [5, 5.41) is 6.16. The van der Waals surface area contributed by atoms with Gasteiger partial charge in [-0.15, -0.1) is 11.3 Å². The van der Waals surface area contributed by atoms with Crippen LogP contribution < -0.4 is 19.7 Å². The van der Waals surface area contributed by atoms with E-state index in [1.807, 2.05) is 11.6 Å². The Bertz CT molecular complexity index is 697. The molecule has 2 aliphatic heterocycles. The molecule has 0 unspecified atom stereocenters. The highest BCUT2D eigenvalue weighted by Crippen LogP contribution is 2.32. The monoisotopic (exact) mass is 331 g/mol. The van der Waals surface area contributed by atoms with Crippen LogP contribution in [0.2, 0.25) is 0 Å². The molecule has 1 aromatic heterocycles. The fourth-order valence-electron chi connectivity index (χ4n) is 2.89. The van der Waals surface area contributed by atoms with Crippen LogP contribution in [0.15, 0.2) is 29.8 Å². The summed E-state index contributed by atoms with van der Waals surface area (Å²) in [6, 6.07) is 5.49. The molecule has 120 valence electrons. The second-order valence-electron chi connectivity index (χ2n) is 5.62. The molecule has 2 aliphatic rings. The topological polar surface area (TPSA) is 63.7 Å². The van der Waals surface area contributed by atoms with E-state index in [0.717, 1.165) is 31.1 Å². The van der Waals surface area contributed by atoms with Gasteiger partial charge in [-0.1, -0.05) is 0 Å². The molecule has 4 rings (SSSR count). The summed E-state index contributed by atoms with van der Waals surface area (Å²) in [5.74, 6) is 1.27. The summed E-state index contributed by atoms with van der Waals surface area (Å²) in [6.45, 7) is 2.05. The Balaban J connectivity index is 1.35. The Hall–Kier alpha value is -2.28. The molecule has 0 radical (unpaired) electrons. The number of rotatable bonds is 3. The van der Waals surface area contributed by atoms with Crippen LogP contribution in [0, 0.1) is 0 Å². The van der Waals surface area contributed by atoms with E-state index in [1.165, 1.54) is 0 Å². The summed E-state index contributed by atoms with van der Waals surface area (Å²) < 4.78 is 10.6. The van der Waals surface area contributed by atoms with Gasteiger partial charge in [0.05, 0.1) is 0 Å². The number of hydrogen-bond acceptors (Lipinski definition) is 6. The smallest absolute Gasteiger partial charge is 0.251 e. The first-order chi connectivity index (χ1) is 11.3. The van der Waals surface area contributed by atoms with Crippen molar-refractivity contribution in [1.29, 1.82) is 0 Å². The molecule has 2 aromatic rings. The minimum atomic E-state index is -0.0593. The number of thiazole rings is 1. The van der Waals surface area contributed by atoms with Crippen molar-refractivity contribution in [3.8, 4) is 11.5 Å². The standard InChI is InChI=1S/C16H17N3O3S/c20-15(11-1-2-13-14(9-11)22-10-21-13)18-12-3-6-19(7-4-12)16-17-5-8-23-16/h1-2,5,8-9,12H,3-4,6-7,10H2,(H,18,20). The van der Waals surface area contributed by atoms with Gasteiger partial charge in [0, 0.05) is 36.3 Å². The molecule has 7 heteroatoms. The lowest BCUT2D eigenvalue weighted by Crippen LogP contribution is -2.44. The van der Waals surface area contributed by atoms with Crippen LogP contribution in [0.1, 0.15) is 23.2 Å². The molecule has 23 heavy (non-hydrogen) atoms. The Morgan fingerprint density at radius 1 is 1.26 bits per heavy atom. The van der Waals surface area contributed by atoms with E-state index in [9.17, 15) is 4.79 Å². The van der Waals surface area contributed by atoms with Gasteiger partial charge in [0.2, 0.25) is 6.79 Å². The maximum atomic E-state index is 12.4. The molecule has 6 nitrogen and oxygen atoms in total. The zero-order valence-electron chi connectivity index (χ0n) is 12.5. The highest BCUT2D eigenvalue weighted by molar-refractivity contribution is 7.13. The number of nitrogens with one attached hydrogen (secondary N) is 1. The van der Waals surface area contributed by atoms with Gasteiger partial charge in [-0.25, -0.2) is 4.98 Å². The van der Waals surface area contributed by atoms with Crippen LogP contribution in [0.25, 0.3) is 0 Å². The van der Waals surface area contributed by atoms with E-state index < -0.39 is 0 Å². The van der Waals surface area contributed by atoms with Crippen molar-refractivity contribution in [3.05, 3.63) is 35.3 Å². The van der Waals surface area contributed by atoms with Crippen LogP contribution in [-0.2, 0) is 0 Å². The van der Waals surface area contributed by atoms with Crippen LogP contribution >= 0.6 is 11.3 Å². The van der Waals surface area contributed by atoms with E-state index in [1.54, 1.807) is 29.5 Å². The summed E-state index contributed by atoms with van der Waals surface area (Å²) >= 11 is 1.65. The van der Waals surface area contributed by atoms with E-state index >= 15 is 0 Å². The number of hydrogen-bond donors (Lipinski definition) is 1. The van der Waals surface area contributed by atoms with Crippen molar-refractivity contribution in [3.63, 3.8) is 0 Å². The maximum Gasteiger partial charge on any atom is 0.251 e. The quantitative estimate of drug-likeness (QED) is 0.935. The number of piperidine rings is 1. The van der Waals surface area contributed by atoms with E-state index in [-0.39, 0.29) is 18.7 Å². The zero-order chi connectivity index (χ0) is 15.6. The average Bonchev–Trinajstić information content (AvgIpc) is 3.26. The third kappa shape index (κ3) is 2.96. The highest BCUT2D eigenvalue weighted by Gasteiger charge is 2.23. The Morgan fingerprint density at radius 2 is 2.09 bits per heavy atom. The van der Waals surface area contributed by atoms with Gasteiger partial charge in [0.1, 0.15) is 0 Å². The molecule has 1 aromatic carbocycles. The van der Waals surface area contributed by atoms with Gasteiger partial charge < -0.3 is 19.7 Å². The molecular formula is C16H17N3O3S. The van der Waals surface area contributed by atoms with E-state index in [4.69, 9.17) is 9.47 Å². The maximum absolute atomic E-state index is 12.4. The molecule has 1 amide bonds. The molecule has 3 heterocycles. The van der Waals surface area contributed by atoms with Crippen molar-refractivity contribution >= 4 is 22.4 Å². The van der Waals surface area contributed by atoms with E-state index in [2.05, 4.69) is 15.2 Å². The second kappa shape index (κ2) is 6.08. The largest absolute Gasteiger partial charge is 0.454 e. The molecule has 1 N–H and O–H groups in total. The average molecular weight is 331 g/mol. The normalized spacial score (nSPS) is 17.3. The predicted molar refractivity (Wildman–Crippen MR) is 87.4 cm³/mol. The lowest BCUT2D eigenvalue weighted by atomic mass is 10.0. The van der Waals surface area contributed by atoms with Gasteiger partial charge in [-0.2, -0.15) is 0 Å². The van der Waals surface area contributed by atoms with Crippen molar-refractivity contribution in [2.75, 3.05) is 24.8 Å². The van der Waals surface area contributed by atoms with Gasteiger partial charge in [-0.3, -0.25) is 4.79 Å². The summed E-state index contributed by atoms with van der Waals surface area (Å²) in [6.07, 6.45) is 3.68. The molecule has 1 saturated heterocycles. The van der Waals surface area contributed by atoms with Gasteiger partial charge in [0.25, 0.3) is 5.91 Å². The van der Waals surface area contributed by atoms with Gasteiger partial charge in [0.15, 0.2) is 16.6 Å². The summed E-state index contributed by atoms with van der Waals surface area (Å²) in [7, 11) is 0. The SMILES string of the molecule is O=C(NC1CCN(c2nccs2)CC1)c1ccc2c(c1)OCO2. The lowest BCUT2D eigenvalue weighted by Gasteiger charge is -2.32. The van der Waals surface area contributed by atoms with Crippen LogP contribution in [0.3, 0.4) is 0 Å². The Kier molecular flexibility index (Phi) is 3.78. The number of carbonyl (C=O) groups is 1. The van der Waals surface area contributed by atoms with Crippen LogP contribution in [0.5, 0.6) is 11.5 Å². The molecule has 0 saturated carbocycles. The number of fused-ring (bicyclic) bond motifs is 1. The zero-order valence-corrected chi connectivity index (χ0v) is 13.3. The number of ether oxygens (including phenoxy) is 2. The second-order valence-corrected chi connectivity index (χ2v) is 6.49. The number of carbonyl (C=O) groups excluding carboxylic acids is 1. The molecule has 0 atom stereocenters. The third-order valence-electron chi connectivity index (χ3n) is 4.15. The highest BCUT2D eigenvalue weighted by atomic mass is 32.1. The molecule has 0 aliphatic carbocycles. The van der Waals surface area contributed by atoms with Crippen molar-refractivity contribution in [2.24, 2.45) is 0 Å². The van der Waals surface area contributed by atoms with Gasteiger partial charge in [-0.05, 0) is 31.0 Å². The summed E-state index contributed by atoms with van der Waals surface area (Å²) in [4.78, 5) is 19.0. The third-order valence-corrected chi connectivity index (χ3v) is 4.99. The van der Waals surface area contributed by atoms with Crippen molar-refractivity contribution in [2.45, 2.75) is 18.9 Å². The fraction of sp³-hybridized carbons (Fsp3) is 0.375. The first-order valence-electron chi connectivity index (χ1n) is 7.64. The minimum Gasteiger partial charge on any atom is -0.454 e. The fourth-order valence-corrected chi connectivity index (χ4v) is 3.59. The lowest BCUT2D eigenvalue weighted by molar-refractivity contribution is 0.0930. The van der Waals surface area contributed by atoms with Crippen molar-refractivity contribution < 1.29 is 14.3 Å². The molecule has 0 bridgehead atoms. The van der Waals surface area contributed by atoms with Crippen LogP contribution in [-0.4, -0.2) is 36.8 Å². The number of nitrogens with zero attached hydrogens (tertiary/aromatic N) is 2. The summed E-state index contributed by atoms with van der Waals surface area (Å²) in [5.41, 5.74) is 0.608. The molecular weight excluding hydrogens is 314 g/mol. The number of benzene rings is 1. The van der Waals surface area contributed by atoms with E-state index in [0.29, 0.717) is 17.1 Å². The number of aromatic nitrogens is 1. The molecule has 1 fully saturated rings. The minimum absolute atomic E-state index is 0.0593. The Labute approximate surface area is 138 Å². The van der Waals surface area contributed by atoms with Crippen LogP contribution in [0.4, 0.5) is 5.13 Å². The first kappa shape index (κ1) is 14.3. The first-order valence-corrected chi connectivity index (χ1v) is 8.52. The molecule has 0 spiro atoms. The predicted octanol–water partition coefficient (Wildman–Crippen LogP) is 2.27. The van der Waals surface area contributed by atoms with Crippen molar-refractivity contribution in [1.82, 2.24) is 10.3 Å². The Morgan fingerprint density at radius 3 is 2.87 bits per heavy atom. The number of anilines is 1. The van der Waals surface area contributed by atoms with Gasteiger partial charge >= 0.3 is 0 Å². The number of amides is 1.